The van der Waals surface area contributed by atoms with Crippen LogP contribution in [-0.2, 0) is 6.42 Å². The number of nitrogens with one attached hydrogen (secondary N) is 1. The van der Waals surface area contributed by atoms with E-state index < -0.39 is 0 Å². The van der Waals surface area contributed by atoms with Crippen LogP contribution in [0.1, 0.15) is 25.8 Å². The quantitative estimate of drug-likeness (QED) is 0.814. The molecule has 2 heteroatoms. The third-order valence-electron chi connectivity index (χ3n) is 2.59. The molecule has 0 bridgehead atoms. The molecule has 0 saturated carbocycles. The van der Waals surface area contributed by atoms with Gasteiger partial charge in [-0.1, -0.05) is 44.2 Å². The molecular weight excluding hydrogens is 206 g/mol. The number of benzene rings is 1. The van der Waals surface area contributed by atoms with Gasteiger partial charge in [-0.2, -0.15) is 0 Å². The van der Waals surface area contributed by atoms with E-state index in [1.54, 1.807) is 0 Å². The Morgan fingerprint density at radius 2 is 1.73 bits per heavy atom. The molecule has 1 nitrogen and oxygen atoms in total. The zero-order valence-electron chi connectivity index (χ0n) is 9.92. The highest BCUT2D eigenvalue weighted by atomic mass is 35.5. The normalized spacial score (nSPS) is 10.9. The monoisotopic (exact) mass is 227 g/mol. The van der Waals surface area contributed by atoms with Gasteiger partial charge in [0.25, 0.3) is 0 Å². The van der Waals surface area contributed by atoms with Crippen molar-refractivity contribution in [2.75, 3.05) is 13.6 Å². The van der Waals surface area contributed by atoms with Crippen LogP contribution in [-0.4, -0.2) is 13.6 Å². The van der Waals surface area contributed by atoms with E-state index in [1.807, 2.05) is 7.05 Å². The molecule has 0 amide bonds. The van der Waals surface area contributed by atoms with E-state index in [1.165, 1.54) is 18.4 Å². The summed E-state index contributed by atoms with van der Waals surface area (Å²) in [6.45, 7) is 5.71. The maximum Gasteiger partial charge on any atom is -0.0000373 e. The Labute approximate surface area is 99.7 Å². The van der Waals surface area contributed by atoms with Crippen LogP contribution in [0.15, 0.2) is 30.3 Å². The van der Waals surface area contributed by atoms with Crippen LogP contribution >= 0.6 is 12.4 Å². The molecule has 1 aromatic carbocycles. The van der Waals surface area contributed by atoms with Crippen molar-refractivity contribution < 1.29 is 0 Å². The molecule has 0 atom stereocenters. The Morgan fingerprint density at radius 3 is 2.27 bits per heavy atom. The van der Waals surface area contributed by atoms with Crippen molar-refractivity contribution in [2.45, 2.75) is 26.7 Å². The summed E-state index contributed by atoms with van der Waals surface area (Å²) in [6, 6.07) is 10.7. The summed E-state index contributed by atoms with van der Waals surface area (Å²) in [7, 11) is 2.02. The van der Waals surface area contributed by atoms with Crippen molar-refractivity contribution in [3.63, 3.8) is 0 Å². The number of hydrogen-bond donors (Lipinski definition) is 1. The Hall–Kier alpha value is -0.530. The van der Waals surface area contributed by atoms with E-state index >= 15 is 0 Å². The number of hydrogen-bond acceptors (Lipinski definition) is 1. The third kappa shape index (κ3) is 5.81. The number of aryl methyl sites for hydroxylation is 1. The first-order chi connectivity index (χ1) is 6.64. The first-order valence-corrected chi connectivity index (χ1v) is 5.32. The van der Waals surface area contributed by atoms with Crippen molar-refractivity contribution in [3.05, 3.63) is 35.9 Å². The number of halogens is 1. The van der Waals surface area contributed by atoms with Crippen LogP contribution in [0.2, 0.25) is 0 Å². The molecule has 0 aromatic heterocycles. The maximum absolute atomic E-state index is 3.24. The first-order valence-electron chi connectivity index (χ1n) is 5.32. The fourth-order valence-electron chi connectivity index (χ4n) is 1.69. The molecule has 0 spiro atoms. The van der Waals surface area contributed by atoms with Crippen LogP contribution in [0.25, 0.3) is 0 Å². The topological polar surface area (TPSA) is 12.0 Å². The second-order valence-corrected chi connectivity index (χ2v) is 4.68. The maximum atomic E-state index is 3.24. The van der Waals surface area contributed by atoms with Crippen LogP contribution in [0.3, 0.4) is 0 Å². The van der Waals surface area contributed by atoms with Gasteiger partial charge in [0.15, 0.2) is 0 Å². The zero-order chi connectivity index (χ0) is 10.4. The molecule has 1 rings (SSSR count). The van der Waals surface area contributed by atoms with Gasteiger partial charge < -0.3 is 5.32 Å². The number of rotatable bonds is 5. The largest absolute Gasteiger partial charge is 0.319 e. The van der Waals surface area contributed by atoms with E-state index in [0.717, 1.165) is 6.54 Å². The van der Waals surface area contributed by atoms with Gasteiger partial charge in [-0.25, -0.2) is 0 Å². The van der Waals surface area contributed by atoms with Crippen LogP contribution in [0.4, 0.5) is 0 Å². The summed E-state index contributed by atoms with van der Waals surface area (Å²) < 4.78 is 0. The standard InChI is InChI=1S/C13H21N.ClH/c1-13(2,11-14-3)10-9-12-7-5-4-6-8-12;/h4-8,14H,9-11H2,1-3H3;1H. The predicted octanol–water partition coefficient (Wildman–Crippen LogP) is 3.29. The molecule has 0 radical (unpaired) electrons. The van der Waals surface area contributed by atoms with Gasteiger partial charge in [0.05, 0.1) is 0 Å². The van der Waals surface area contributed by atoms with Crippen molar-refractivity contribution in [1.29, 1.82) is 0 Å². The van der Waals surface area contributed by atoms with E-state index in [2.05, 4.69) is 49.5 Å². The molecule has 0 fully saturated rings. The van der Waals surface area contributed by atoms with Crippen molar-refractivity contribution in [1.82, 2.24) is 5.32 Å². The Kier molecular flexibility index (Phi) is 6.62. The lowest BCUT2D eigenvalue weighted by Crippen LogP contribution is -2.27. The second kappa shape index (κ2) is 6.86. The summed E-state index contributed by atoms with van der Waals surface area (Å²) in [5, 5.41) is 3.24. The first kappa shape index (κ1) is 14.5. The lowest BCUT2D eigenvalue weighted by molar-refractivity contribution is 0.324. The van der Waals surface area contributed by atoms with Crippen molar-refractivity contribution in [3.8, 4) is 0 Å². The summed E-state index contributed by atoms with van der Waals surface area (Å²) in [5.41, 5.74) is 1.83. The molecule has 0 aliphatic heterocycles. The third-order valence-corrected chi connectivity index (χ3v) is 2.59. The smallest absolute Gasteiger partial charge is 0.0000373 e. The highest BCUT2D eigenvalue weighted by Crippen LogP contribution is 2.21. The molecule has 0 heterocycles. The van der Waals surface area contributed by atoms with Crippen LogP contribution in [0, 0.1) is 5.41 Å². The zero-order valence-corrected chi connectivity index (χ0v) is 10.7. The molecule has 15 heavy (non-hydrogen) atoms. The van der Waals surface area contributed by atoms with Crippen LogP contribution < -0.4 is 5.32 Å². The van der Waals surface area contributed by atoms with Gasteiger partial charge in [-0.15, -0.1) is 12.4 Å². The molecule has 0 unspecified atom stereocenters. The summed E-state index contributed by atoms with van der Waals surface area (Å²) in [4.78, 5) is 0. The SMILES string of the molecule is CNCC(C)(C)CCc1ccccc1.Cl. The Bertz CT molecular complexity index is 256. The van der Waals surface area contributed by atoms with E-state index in [-0.39, 0.29) is 12.4 Å². The molecule has 0 saturated heterocycles. The molecule has 1 aromatic rings. The minimum Gasteiger partial charge on any atom is -0.319 e. The van der Waals surface area contributed by atoms with Gasteiger partial charge in [0, 0.05) is 0 Å². The minimum atomic E-state index is 0. The second-order valence-electron chi connectivity index (χ2n) is 4.68. The van der Waals surface area contributed by atoms with E-state index in [9.17, 15) is 0 Å². The molecule has 86 valence electrons. The van der Waals surface area contributed by atoms with Gasteiger partial charge in [0.1, 0.15) is 0 Å². The highest BCUT2D eigenvalue weighted by molar-refractivity contribution is 5.85. The average molecular weight is 228 g/mol. The highest BCUT2D eigenvalue weighted by Gasteiger charge is 2.15. The fourth-order valence-corrected chi connectivity index (χ4v) is 1.69. The molecule has 0 aliphatic rings. The molecular formula is C13H22ClN. The average Bonchev–Trinajstić information content (AvgIpc) is 2.17. The van der Waals surface area contributed by atoms with Crippen molar-refractivity contribution in [2.24, 2.45) is 5.41 Å². The lowest BCUT2D eigenvalue weighted by atomic mass is 9.86. The van der Waals surface area contributed by atoms with Gasteiger partial charge in [0.2, 0.25) is 0 Å². The Balaban J connectivity index is 0.00000196. The van der Waals surface area contributed by atoms with E-state index in [0.29, 0.717) is 5.41 Å². The molecule has 0 aliphatic carbocycles. The Morgan fingerprint density at radius 1 is 1.13 bits per heavy atom. The minimum absolute atomic E-state index is 0. The summed E-state index contributed by atoms with van der Waals surface area (Å²) >= 11 is 0. The molecule has 1 N–H and O–H groups in total. The van der Waals surface area contributed by atoms with Gasteiger partial charge >= 0.3 is 0 Å². The fraction of sp³-hybridized carbons (Fsp3) is 0.538. The predicted molar refractivity (Wildman–Crippen MR) is 69.7 cm³/mol. The van der Waals surface area contributed by atoms with Gasteiger partial charge in [-0.3, -0.25) is 0 Å². The van der Waals surface area contributed by atoms with Crippen LogP contribution in [0.5, 0.6) is 0 Å². The summed E-state index contributed by atoms with van der Waals surface area (Å²) in [6.07, 6.45) is 2.41. The lowest BCUT2D eigenvalue weighted by Gasteiger charge is -2.24. The van der Waals surface area contributed by atoms with Gasteiger partial charge in [-0.05, 0) is 37.4 Å². The van der Waals surface area contributed by atoms with Crippen molar-refractivity contribution >= 4 is 12.4 Å². The van der Waals surface area contributed by atoms with E-state index in [4.69, 9.17) is 0 Å². The summed E-state index contributed by atoms with van der Waals surface area (Å²) in [5.74, 6) is 0.